The minimum absolute atomic E-state index is 0.0696. The number of aliphatic imine (C=N–C) groups is 1. The maximum atomic E-state index is 11.4. The Hall–Kier alpha value is -2.53. The number of fused-ring (bicyclic) bond motifs is 1. The van der Waals surface area contributed by atoms with Crippen molar-refractivity contribution in [2.24, 2.45) is 4.99 Å². The average molecular weight is 397 g/mol. The van der Waals surface area contributed by atoms with Gasteiger partial charge in [0.15, 0.2) is 0 Å². The Labute approximate surface area is 170 Å². The van der Waals surface area contributed by atoms with E-state index >= 15 is 0 Å². The number of nitrogens with zero attached hydrogens (tertiary/aromatic N) is 1. The molecule has 1 spiro atoms. The molecule has 1 saturated carbocycles. The molecule has 5 nitrogen and oxygen atoms in total. The Morgan fingerprint density at radius 2 is 1.96 bits per heavy atom. The van der Waals surface area contributed by atoms with Crippen LogP contribution < -0.4 is 16.0 Å². The van der Waals surface area contributed by atoms with Crippen molar-refractivity contribution in [3.05, 3.63) is 53.1 Å². The number of benzene rings is 2. The van der Waals surface area contributed by atoms with E-state index in [1.54, 1.807) is 0 Å². The zero-order chi connectivity index (χ0) is 19.6. The Morgan fingerprint density at radius 1 is 1.14 bits per heavy atom. The molecule has 3 N–H and O–H groups in total. The summed E-state index contributed by atoms with van der Waals surface area (Å²) >= 11 is 6.12. The second-order valence-electron chi connectivity index (χ2n) is 7.63. The molecule has 1 aliphatic carbocycles. The third-order valence-corrected chi connectivity index (χ3v) is 5.67. The predicted molar refractivity (Wildman–Crippen MR) is 116 cm³/mol. The Bertz CT molecular complexity index is 919. The lowest BCUT2D eigenvalue weighted by atomic mass is 9.79. The molecular weight excluding hydrogens is 372 g/mol. The number of halogens is 1. The summed E-state index contributed by atoms with van der Waals surface area (Å²) in [5, 5.41) is 10.9. The van der Waals surface area contributed by atoms with Crippen LogP contribution in [0.1, 0.15) is 44.6 Å². The zero-order valence-electron chi connectivity index (χ0n) is 16.0. The molecule has 0 unspecified atom stereocenters. The first kappa shape index (κ1) is 18.8. The second-order valence-corrected chi connectivity index (χ2v) is 8.07. The SMILES string of the molecule is CC(=O)Nc1ccc2c(c1)NC1(CCCCC1)C(=NCc1cccc(Cl)c1)N2. The van der Waals surface area contributed by atoms with Crippen molar-refractivity contribution in [3.63, 3.8) is 0 Å². The lowest BCUT2D eigenvalue weighted by Gasteiger charge is -2.44. The fourth-order valence-electron chi connectivity index (χ4n) is 4.12. The molecule has 28 heavy (non-hydrogen) atoms. The van der Waals surface area contributed by atoms with E-state index in [1.165, 1.54) is 26.2 Å². The molecule has 1 heterocycles. The zero-order valence-corrected chi connectivity index (χ0v) is 16.8. The fraction of sp³-hybridized carbons (Fsp3) is 0.364. The van der Waals surface area contributed by atoms with Gasteiger partial charge in [-0.05, 0) is 48.7 Å². The quantitative estimate of drug-likeness (QED) is 0.647. The number of rotatable bonds is 3. The number of anilines is 3. The van der Waals surface area contributed by atoms with Gasteiger partial charge in [0.2, 0.25) is 5.91 Å². The van der Waals surface area contributed by atoms with E-state index in [1.807, 2.05) is 42.5 Å². The smallest absolute Gasteiger partial charge is 0.221 e. The van der Waals surface area contributed by atoms with Crippen LogP contribution >= 0.6 is 11.6 Å². The van der Waals surface area contributed by atoms with E-state index in [-0.39, 0.29) is 11.4 Å². The molecule has 1 fully saturated rings. The summed E-state index contributed by atoms with van der Waals surface area (Å²) in [6, 6.07) is 13.7. The number of amides is 1. The van der Waals surface area contributed by atoms with Crippen LogP contribution in [0.3, 0.4) is 0 Å². The van der Waals surface area contributed by atoms with E-state index in [9.17, 15) is 4.79 Å². The van der Waals surface area contributed by atoms with Crippen molar-refractivity contribution in [2.75, 3.05) is 16.0 Å². The molecule has 0 saturated heterocycles. The molecular formula is C22H25ClN4O. The van der Waals surface area contributed by atoms with Gasteiger partial charge in [0.1, 0.15) is 5.84 Å². The highest BCUT2D eigenvalue weighted by Gasteiger charge is 2.40. The summed E-state index contributed by atoms with van der Waals surface area (Å²) in [6.07, 6.45) is 5.68. The Kier molecular flexibility index (Phi) is 5.27. The summed E-state index contributed by atoms with van der Waals surface area (Å²) < 4.78 is 0. The summed E-state index contributed by atoms with van der Waals surface area (Å²) in [7, 11) is 0. The van der Waals surface area contributed by atoms with Gasteiger partial charge in [0.25, 0.3) is 0 Å². The summed E-state index contributed by atoms with van der Waals surface area (Å²) in [4.78, 5) is 16.4. The van der Waals surface area contributed by atoms with Gasteiger partial charge < -0.3 is 16.0 Å². The number of amidine groups is 1. The lowest BCUT2D eigenvalue weighted by Crippen LogP contribution is -2.53. The van der Waals surface area contributed by atoms with Gasteiger partial charge in [-0.3, -0.25) is 9.79 Å². The third kappa shape index (κ3) is 3.99. The summed E-state index contributed by atoms with van der Waals surface area (Å²) in [6.45, 7) is 2.11. The molecule has 6 heteroatoms. The second kappa shape index (κ2) is 7.84. The van der Waals surface area contributed by atoms with Crippen molar-refractivity contribution >= 4 is 40.4 Å². The highest BCUT2D eigenvalue weighted by Crippen LogP contribution is 2.40. The van der Waals surface area contributed by atoms with Crippen molar-refractivity contribution in [1.82, 2.24) is 0 Å². The number of carbonyl (C=O) groups excluding carboxylic acids is 1. The van der Waals surface area contributed by atoms with E-state index in [0.29, 0.717) is 6.54 Å². The van der Waals surface area contributed by atoms with Crippen LogP contribution in [0, 0.1) is 0 Å². The first-order valence-electron chi connectivity index (χ1n) is 9.80. The average Bonchev–Trinajstić information content (AvgIpc) is 2.67. The highest BCUT2D eigenvalue weighted by atomic mass is 35.5. The molecule has 1 aliphatic heterocycles. The number of nitrogens with one attached hydrogen (secondary N) is 3. The number of hydrogen-bond acceptors (Lipinski definition) is 3. The summed E-state index contributed by atoms with van der Waals surface area (Å²) in [5.41, 5.74) is 3.70. The molecule has 1 amide bonds. The van der Waals surface area contributed by atoms with Gasteiger partial charge in [0, 0.05) is 17.6 Å². The van der Waals surface area contributed by atoms with Gasteiger partial charge in [-0.1, -0.05) is 43.0 Å². The first-order valence-corrected chi connectivity index (χ1v) is 10.2. The number of hydrogen-bond donors (Lipinski definition) is 3. The van der Waals surface area contributed by atoms with Crippen LogP contribution in [0.15, 0.2) is 47.5 Å². The van der Waals surface area contributed by atoms with Gasteiger partial charge in [0.05, 0.1) is 23.5 Å². The molecule has 146 valence electrons. The third-order valence-electron chi connectivity index (χ3n) is 5.44. The maximum Gasteiger partial charge on any atom is 0.221 e. The Morgan fingerprint density at radius 3 is 2.71 bits per heavy atom. The first-order chi connectivity index (χ1) is 13.5. The van der Waals surface area contributed by atoms with Crippen molar-refractivity contribution < 1.29 is 4.79 Å². The van der Waals surface area contributed by atoms with Crippen LogP contribution in [0.5, 0.6) is 0 Å². The largest absolute Gasteiger partial charge is 0.371 e. The number of carbonyl (C=O) groups is 1. The minimum atomic E-state index is -0.182. The van der Waals surface area contributed by atoms with Crippen molar-refractivity contribution in [3.8, 4) is 0 Å². The van der Waals surface area contributed by atoms with E-state index in [4.69, 9.17) is 16.6 Å². The highest BCUT2D eigenvalue weighted by molar-refractivity contribution is 6.30. The van der Waals surface area contributed by atoms with E-state index in [0.717, 1.165) is 46.3 Å². The lowest BCUT2D eigenvalue weighted by molar-refractivity contribution is -0.114. The van der Waals surface area contributed by atoms with Gasteiger partial charge in [-0.25, -0.2) is 0 Å². The Balaban J connectivity index is 1.65. The van der Waals surface area contributed by atoms with Crippen molar-refractivity contribution in [2.45, 2.75) is 51.1 Å². The molecule has 0 atom stereocenters. The monoisotopic (exact) mass is 396 g/mol. The van der Waals surface area contributed by atoms with Crippen LogP contribution in [0.25, 0.3) is 0 Å². The molecule has 2 aliphatic rings. The van der Waals surface area contributed by atoms with Gasteiger partial charge >= 0.3 is 0 Å². The van der Waals surface area contributed by atoms with Crippen LogP contribution in [-0.2, 0) is 11.3 Å². The maximum absolute atomic E-state index is 11.4. The van der Waals surface area contributed by atoms with Crippen LogP contribution in [-0.4, -0.2) is 17.3 Å². The predicted octanol–water partition coefficient (Wildman–Crippen LogP) is 5.44. The minimum Gasteiger partial charge on any atom is -0.371 e. The molecule has 0 aromatic heterocycles. The van der Waals surface area contributed by atoms with Crippen LogP contribution in [0.2, 0.25) is 5.02 Å². The molecule has 2 aromatic carbocycles. The normalized spacial score (nSPS) is 18.9. The van der Waals surface area contributed by atoms with E-state index in [2.05, 4.69) is 16.0 Å². The van der Waals surface area contributed by atoms with E-state index < -0.39 is 0 Å². The summed E-state index contributed by atoms with van der Waals surface area (Å²) in [5.74, 6) is 0.923. The van der Waals surface area contributed by atoms with Gasteiger partial charge in [-0.2, -0.15) is 0 Å². The van der Waals surface area contributed by atoms with Gasteiger partial charge in [-0.15, -0.1) is 0 Å². The standard InChI is InChI=1S/C22H25ClN4O/c1-15(28)25-18-8-9-19-20(13-18)27-22(10-3-2-4-11-22)21(26-19)24-14-16-6-5-7-17(23)12-16/h5-9,12-13,27H,2-4,10-11,14H2,1H3,(H,24,26)(H,25,28). The van der Waals surface area contributed by atoms with Crippen molar-refractivity contribution in [1.29, 1.82) is 0 Å². The van der Waals surface area contributed by atoms with Crippen LogP contribution in [0.4, 0.5) is 17.1 Å². The molecule has 2 aromatic rings. The molecule has 4 rings (SSSR count). The molecule has 0 bridgehead atoms. The topological polar surface area (TPSA) is 65.5 Å². The fourth-order valence-corrected chi connectivity index (χ4v) is 4.33. The molecule has 0 radical (unpaired) electrons.